The summed E-state index contributed by atoms with van der Waals surface area (Å²) in [5.41, 5.74) is -1.93. The third-order valence-electron chi connectivity index (χ3n) is 5.15. The van der Waals surface area contributed by atoms with Gasteiger partial charge in [0.2, 0.25) is 0 Å². The van der Waals surface area contributed by atoms with Crippen LogP contribution in [0, 0.1) is 16.7 Å². The number of carboxylic acids is 1. The zero-order valence-corrected chi connectivity index (χ0v) is 17.2. The molecule has 6 heteroatoms. The number of hydrogen-bond acceptors (Lipinski definition) is 5. The van der Waals surface area contributed by atoms with E-state index in [1.165, 1.54) is 14.2 Å². The maximum atomic E-state index is 12.5. The highest BCUT2D eigenvalue weighted by Crippen LogP contribution is 2.43. The van der Waals surface area contributed by atoms with E-state index in [9.17, 15) is 19.5 Å². The molecule has 0 fully saturated rings. The quantitative estimate of drug-likeness (QED) is 0.385. The molecule has 0 aliphatic carbocycles. The van der Waals surface area contributed by atoms with Crippen molar-refractivity contribution >= 4 is 17.9 Å². The van der Waals surface area contributed by atoms with Crippen molar-refractivity contribution in [1.82, 2.24) is 0 Å². The molecule has 0 radical (unpaired) electrons. The number of carbonyl (C=O) groups excluding carboxylic acids is 2. The van der Waals surface area contributed by atoms with E-state index < -0.39 is 28.7 Å². The molecule has 0 aliphatic rings. The molecule has 3 unspecified atom stereocenters. The fourth-order valence-electron chi connectivity index (χ4n) is 3.73. The maximum Gasteiger partial charge on any atom is 0.311 e. The lowest BCUT2D eigenvalue weighted by Gasteiger charge is -2.37. The Labute approximate surface area is 157 Å². The molecule has 6 nitrogen and oxygen atoms in total. The number of esters is 2. The van der Waals surface area contributed by atoms with Crippen molar-refractivity contribution < 1.29 is 29.0 Å². The van der Waals surface area contributed by atoms with Crippen molar-refractivity contribution in [3.63, 3.8) is 0 Å². The van der Waals surface area contributed by atoms with E-state index in [-0.39, 0.29) is 18.8 Å². The smallest absolute Gasteiger partial charge is 0.311 e. The Morgan fingerprint density at radius 1 is 0.923 bits per heavy atom. The van der Waals surface area contributed by atoms with Crippen LogP contribution in [-0.2, 0) is 23.9 Å². The van der Waals surface area contributed by atoms with Crippen molar-refractivity contribution in [3.05, 3.63) is 0 Å². The van der Waals surface area contributed by atoms with Crippen LogP contribution < -0.4 is 0 Å². The van der Waals surface area contributed by atoms with Crippen LogP contribution in [0.5, 0.6) is 0 Å². The number of methoxy groups -OCH3 is 2. The van der Waals surface area contributed by atoms with Gasteiger partial charge in [-0.25, -0.2) is 0 Å². The first-order chi connectivity index (χ1) is 12.1. The van der Waals surface area contributed by atoms with Gasteiger partial charge in [0.1, 0.15) is 0 Å². The first kappa shape index (κ1) is 24.4. The van der Waals surface area contributed by atoms with Crippen LogP contribution in [0.15, 0.2) is 0 Å². The molecular weight excluding hydrogens is 336 g/mol. The van der Waals surface area contributed by atoms with Gasteiger partial charge in [0.15, 0.2) is 0 Å². The van der Waals surface area contributed by atoms with Crippen molar-refractivity contribution in [2.45, 2.75) is 79.1 Å². The van der Waals surface area contributed by atoms with E-state index in [0.29, 0.717) is 6.42 Å². The topological polar surface area (TPSA) is 89.9 Å². The van der Waals surface area contributed by atoms with Gasteiger partial charge in [0.05, 0.1) is 31.0 Å². The number of carboxylic acid groups (broad SMARTS) is 1. The Kier molecular flexibility index (Phi) is 10.5. The molecule has 1 N–H and O–H groups in total. The van der Waals surface area contributed by atoms with Crippen LogP contribution in [0.3, 0.4) is 0 Å². The second kappa shape index (κ2) is 11.2. The first-order valence-electron chi connectivity index (χ1n) is 9.46. The van der Waals surface area contributed by atoms with Gasteiger partial charge in [0.25, 0.3) is 0 Å². The SMILES string of the molecule is CCCCCCCC(C)(CC(C)(CC(C)C(=O)O)C(=O)OC)C(=O)OC. The zero-order chi connectivity index (χ0) is 20.4. The van der Waals surface area contributed by atoms with E-state index in [0.717, 1.165) is 32.1 Å². The molecule has 0 heterocycles. The minimum Gasteiger partial charge on any atom is -0.481 e. The predicted molar refractivity (Wildman–Crippen MR) is 99.7 cm³/mol. The van der Waals surface area contributed by atoms with Crippen molar-refractivity contribution in [2.75, 3.05) is 14.2 Å². The minimum atomic E-state index is -1.07. The van der Waals surface area contributed by atoms with E-state index in [4.69, 9.17) is 9.47 Å². The maximum absolute atomic E-state index is 12.5. The molecule has 0 saturated heterocycles. The van der Waals surface area contributed by atoms with E-state index in [1.54, 1.807) is 20.8 Å². The number of aliphatic carboxylic acids is 1. The molecule has 152 valence electrons. The summed E-state index contributed by atoms with van der Waals surface area (Å²) in [5.74, 6) is -2.55. The van der Waals surface area contributed by atoms with Gasteiger partial charge in [-0.15, -0.1) is 0 Å². The molecule has 0 aromatic rings. The van der Waals surface area contributed by atoms with Gasteiger partial charge in [0, 0.05) is 0 Å². The van der Waals surface area contributed by atoms with Crippen LogP contribution in [0.4, 0.5) is 0 Å². The molecule has 3 atom stereocenters. The molecular formula is C20H36O6. The summed E-state index contributed by atoms with van der Waals surface area (Å²) in [6, 6.07) is 0. The van der Waals surface area contributed by atoms with Crippen molar-refractivity contribution in [2.24, 2.45) is 16.7 Å². The van der Waals surface area contributed by atoms with Gasteiger partial charge in [-0.3, -0.25) is 14.4 Å². The summed E-state index contributed by atoms with van der Waals surface area (Å²) >= 11 is 0. The van der Waals surface area contributed by atoms with Gasteiger partial charge in [-0.2, -0.15) is 0 Å². The summed E-state index contributed by atoms with van der Waals surface area (Å²) in [5, 5.41) is 9.23. The molecule has 0 rings (SSSR count). The van der Waals surface area contributed by atoms with Crippen molar-refractivity contribution in [1.29, 1.82) is 0 Å². The number of unbranched alkanes of at least 4 members (excludes halogenated alkanes) is 4. The number of carbonyl (C=O) groups is 3. The Morgan fingerprint density at radius 3 is 1.88 bits per heavy atom. The van der Waals surface area contributed by atoms with Gasteiger partial charge >= 0.3 is 17.9 Å². The molecule has 0 bridgehead atoms. The molecule has 26 heavy (non-hydrogen) atoms. The zero-order valence-electron chi connectivity index (χ0n) is 17.2. The van der Waals surface area contributed by atoms with Crippen LogP contribution in [0.2, 0.25) is 0 Å². The highest BCUT2D eigenvalue weighted by molar-refractivity contribution is 5.81. The lowest BCUT2D eigenvalue weighted by atomic mass is 9.67. The van der Waals surface area contributed by atoms with Gasteiger partial charge < -0.3 is 14.6 Å². The molecule has 0 aliphatic heterocycles. The number of rotatable bonds is 13. The average Bonchev–Trinajstić information content (AvgIpc) is 2.59. The number of ether oxygens (including phenoxy) is 2. The fraction of sp³-hybridized carbons (Fsp3) is 0.850. The van der Waals surface area contributed by atoms with Crippen LogP contribution in [0.25, 0.3) is 0 Å². The third-order valence-corrected chi connectivity index (χ3v) is 5.15. The average molecular weight is 373 g/mol. The molecule has 0 aromatic carbocycles. The summed E-state index contributed by atoms with van der Waals surface area (Å²) in [7, 11) is 2.62. The second-order valence-corrected chi connectivity index (χ2v) is 7.89. The minimum absolute atomic E-state index is 0.109. The molecule has 0 aromatic heterocycles. The summed E-state index contributed by atoms with van der Waals surface area (Å²) in [6.45, 7) is 7.18. The van der Waals surface area contributed by atoms with E-state index in [1.807, 2.05) is 0 Å². The third kappa shape index (κ3) is 7.34. The second-order valence-electron chi connectivity index (χ2n) is 7.89. The lowest BCUT2D eigenvalue weighted by molar-refractivity contribution is -0.162. The molecule has 0 amide bonds. The Balaban J connectivity index is 5.38. The highest BCUT2D eigenvalue weighted by Gasteiger charge is 2.46. The molecule has 0 spiro atoms. The van der Waals surface area contributed by atoms with E-state index >= 15 is 0 Å². The first-order valence-corrected chi connectivity index (χ1v) is 9.46. The number of hydrogen-bond donors (Lipinski definition) is 1. The van der Waals surface area contributed by atoms with Gasteiger partial charge in [-0.05, 0) is 33.1 Å². The van der Waals surface area contributed by atoms with Crippen LogP contribution in [-0.4, -0.2) is 37.2 Å². The fourth-order valence-corrected chi connectivity index (χ4v) is 3.73. The Hall–Kier alpha value is -1.59. The normalized spacial score (nSPS) is 16.8. The Morgan fingerprint density at radius 2 is 1.42 bits per heavy atom. The summed E-state index contributed by atoms with van der Waals surface area (Å²) < 4.78 is 9.93. The summed E-state index contributed by atoms with van der Waals surface area (Å²) in [6.07, 6.45) is 6.18. The summed E-state index contributed by atoms with van der Waals surface area (Å²) in [4.78, 5) is 36.2. The standard InChI is InChI=1S/C20H36O6/c1-7-8-9-10-11-12-19(3,17(23)25-5)14-20(4,18(24)26-6)13-15(2)16(21)22/h15H,7-14H2,1-6H3,(H,21,22). The van der Waals surface area contributed by atoms with E-state index in [2.05, 4.69) is 6.92 Å². The van der Waals surface area contributed by atoms with Crippen LogP contribution in [0.1, 0.15) is 79.1 Å². The molecule has 0 saturated carbocycles. The van der Waals surface area contributed by atoms with Gasteiger partial charge in [-0.1, -0.05) is 46.0 Å². The largest absolute Gasteiger partial charge is 0.481 e. The predicted octanol–water partition coefficient (Wildman–Crippen LogP) is 4.21. The van der Waals surface area contributed by atoms with Crippen molar-refractivity contribution in [3.8, 4) is 0 Å². The van der Waals surface area contributed by atoms with Crippen LogP contribution >= 0.6 is 0 Å². The highest BCUT2D eigenvalue weighted by atomic mass is 16.5. The Bertz CT molecular complexity index is 475. The lowest BCUT2D eigenvalue weighted by Crippen LogP contribution is -2.41. The monoisotopic (exact) mass is 372 g/mol.